The lowest BCUT2D eigenvalue weighted by molar-refractivity contribution is -0.384. The van der Waals surface area contributed by atoms with E-state index in [1.165, 1.54) is 12.1 Å². The van der Waals surface area contributed by atoms with Gasteiger partial charge in [-0.1, -0.05) is 6.92 Å². The molecule has 0 aromatic heterocycles. The summed E-state index contributed by atoms with van der Waals surface area (Å²) in [7, 11) is 0. The fourth-order valence-corrected chi connectivity index (χ4v) is 3.04. The largest absolute Gasteiger partial charge is 0.462 e. The lowest BCUT2D eigenvalue weighted by atomic mass is 10.1. The lowest BCUT2D eigenvalue weighted by Crippen LogP contribution is -2.40. The number of hydrogen-bond donors (Lipinski definition) is 1. The van der Waals surface area contributed by atoms with Gasteiger partial charge < -0.3 is 10.1 Å². The number of nitrogens with one attached hydrogen (secondary N) is 1. The van der Waals surface area contributed by atoms with Crippen LogP contribution < -0.4 is 5.32 Å². The van der Waals surface area contributed by atoms with Gasteiger partial charge in [0.15, 0.2) is 0 Å². The van der Waals surface area contributed by atoms with Gasteiger partial charge in [-0.2, -0.15) is 0 Å². The highest BCUT2D eigenvalue weighted by Crippen LogP contribution is 2.19. The first-order chi connectivity index (χ1) is 12.0. The van der Waals surface area contributed by atoms with E-state index in [9.17, 15) is 19.7 Å². The molecule has 1 heterocycles. The SMILES string of the molecule is CCOC(=O)c1cc(C(=O)NCC2CCCN2CC)cc([N+](=O)[O-])c1. The monoisotopic (exact) mass is 349 g/mol. The van der Waals surface area contributed by atoms with Crippen LogP contribution in [0.25, 0.3) is 0 Å². The molecule has 2 rings (SSSR count). The molecule has 8 heteroatoms. The summed E-state index contributed by atoms with van der Waals surface area (Å²) in [6.45, 7) is 6.28. The summed E-state index contributed by atoms with van der Waals surface area (Å²) < 4.78 is 4.87. The molecule has 1 aromatic carbocycles. The van der Waals surface area contributed by atoms with E-state index in [2.05, 4.69) is 17.1 Å². The summed E-state index contributed by atoms with van der Waals surface area (Å²) in [5, 5.41) is 13.9. The Labute approximate surface area is 146 Å². The Hall–Kier alpha value is -2.48. The van der Waals surface area contributed by atoms with Crippen molar-refractivity contribution in [1.82, 2.24) is 10.2 Å². The predicted molar refractivity (Wildman–Crippen MR) is 91.7 cm³/mol. The van der Waals surface area contributed by atoms with E-state index < -0.39 is 16.8 Å². The van der Waals surface area contributed by atoms with Gasteiger partial charge in [0.05, 0.1) is 17.1 Å². The van der Waals surface area contributed by atoms with E-state index in [0.29, 0.717) is 6.54 Å². The number of hydrogen-bond acceptors (Lipinski definition) is 6. The molecule has 1 amide bonds. The number of non-ortho nitro benzene ring substituents is 1. The number of esters is 1. The minimum absolute atomic E-state index is 0.00255. The molecule has 1 saturated heterocycles. The van der Waals surface area contributed by atoms with Gasteiger partial charge in [-0.25, -0.2) is 4.79 Å². The Bertz CT molecular complexity index is 662. The predicted octanol–water partition coefficient (Wildman–Crippen LogP) is 1.99. The normalized spacial score (nSPS) is 17.3. The van der Waals surface area contributed by atoms with Crippen LogP contribution in [-0.2, 0) is 4.74 Å². The van der Waals surface area contributed by atoms with Crippen molar-refractivity contribution in [3.63, 3.8) is 0 Å². The molecule has 8 nitrogen and oxygen atoms in total. The molecule has 0 radical (unpaired) electrons. The minimum Gasteiger partial charge on any atom is -0.462 e. The van der Waals surface area contributed by atoms with Crippen molar-refractivity contribution >= 4 is 17.6 Å². The minimum atomic E-state index is -0.687. The average Bonchev–Trinajstić information content (AvgIpc) is 3.06. The van der Waals surface area contributed by atoms with Crippen molar-refractivity contribution in [3.05, 3.63) is 39.4 Å². The molecular weight excluding hydrogens is 326 g/mol. The molecule has 0 aliphatic carbocycles. The van der Waals surface area contributed by atoms with Gasteiger partial charge in [0.25, 0.3) is 11.6 Å². The molecule has 136 valence electrons. The molecule has 1 unspecified atom stereocenters. The maximum Gasteiger partial charge on any atom is 0.338 e. The van der Waals surface area contributed by atoms with E-state index in [4.69, 9.17) is 4.74 Å². The zero-order chi connectivity index (χ0) is 18.4. The van der Waals surface area contributed by atoms with Gasteiger partial charge in [0, 0.05) is 30.3 Å². The number of nitro groups is 1. The summed E-state index contributed by atoms with van der Waals surface area (Å²) in [5.74, 6) is -1.12. The molecule has 25 heavy (non-hydrogen) atoms. The third-order valence-electron chi connectivity index (χ3n) is 4.31. The Kier molecular flexibility index (Phi) is 6.46. The standard InChI is InChI=1S/C17H23N3O5/c1-3-19-7-5-6-14(19)11-18-16(21)12-8-13(17(22)25-4-2)10-15(9-12)20(23)24/h8-10,14H,3-7,11H2,1-2H3,(H,18,21). The third kappa shape index (κ3) is 4.76. The lowest BCUT2D eigenvalue weighted by Gasteiger charge is -2.22. The van der Waals surface area contributed by atoms with E-state index in [-0.39, 0.29) is 29.5 Å². The fourth-order valence-electron chi connectivity index (χ4n) is 3.04. The Morgan fingerprint density at radius 3 is 2.68 bits per heavy atom. The topological polar surface area (TPSA) is 102 Å². The highest BCUT2D eigenvalue weighted by Gasteiger charge is 2.24. The summed E-state index contributed by atoms with van der Waals surface area (Å²) in [4.78, 5) is 37.0. The fraction of sp³-hybridized carbons (Fsp3) is 0.529. The molecule has 0 bridgehead atoms. The molecule has 1 fully saturated rings. The molecule has 1 aromatic rings. The maximum atomic E-state index is 12.4. The second-order valence-corrected chi connectivity index (χ2v) is 5.88. The molecule has 0 saturated carbocycles. The van der Waals surface area contributed by atoms with Crippen LogP contribution in [0.2, 0.25) is 0 Å². The highest BCUT2D eigenvalue weighted by atomic mass is 16.6. The summed E-state index contributed by atoms with van der Waals surface area (Å²) in [6, 6.07) is 3.89. The number of likely N-dealkylation sites (tertiary alicyclic amines) is 1. The van der Waals surface area contributed by atoms with Crippen LogP contribution in [0.3, 0.4) is 0 Å². The van der Waals surface area contributed by atoms with Crippen LogP contribution in [0.5, 0.6) is 0 Å². The second-order valence-electron chi connectivity index (χ2n) is 5.88. The van der Waals surface area contributed by atoms with Gasteiger partial charge in [0.1, 0.15) is 0 Å². The van der Waals surface area contributed by atoms with E-state index in [1.807, 2.05) is 0 Å². The Morgan fingerprint density at radius 1 is 1.32 bits per heavy atom. The van der Waals surface area contributed by atoms with Crippen LogP contribution in [0.4, 0.5) is 5.69 Å². The highest BCUT2D eigenvalue weighted by molar-refractivity contribution is 5.99. The van der Waals surface area contributed by atoms with Crippen molar-refractivity contribution in [2.45, 2.75) is 32.7 Å². The second kappa shape index (κ2) is 8.57. The summed E-state index contributed by atoms with van der Waals surface area (Å²) in [5.41, 5.74) is -0.234. The Morgan fingerprint density at radius 2 is 2.04 bits per heavy atom. The average molecular weight is 349 g/mol. The number of rotatable bonds is 7. The number of carbonyl (C=O) groups is 2. The van der Waals surface area contributed by atoms with E-state index in [0.717, 1.165) is 32.0 Å². The van der Waals surface area contributed by atoms with Gasteiger partial charge in [0.2, 0.25) is 0 Å². The Balaban J connectivity index is 2.14. The van der Waals surface area contributed by atoms with Gasteiger partial charge in [-0.3, -0.25) is 19.8 Å². The first kappa shape index (κ1) is 18.9. The molecular formula is C17H23N3O5. The quantitative estimate of drug-likeness (QED) is 0.459. The molecule has 1 atom stereocenters. The maximum absolute atomic E-state index is 12.4. The van der Waals surface area contributed by atoms with E-state index >= 15 is 0 Å². The smallest absolute Gasteiger partial charge is 0.338 e. The van der Waals surface area contributed by atoms with Crippen LogP contribution in [-0.4, -0.2) is 54.0 Å². The molecule has 1 aliphatic rings. The molecule has 1 N–H and O–H groups in total. The zero-order valence-electron chi connectivity index (χ0n) is 14.5. The third-order valence-corrected chi connectivity index (χ3v) is 4.31. The van der Waals surface area contributed by atoms with Crippen LogP contribution >= 0.6 is 0 Å². The first-order valence-electron chi connectivity index (χ1n) is 8.45. The van der Waals surface area contributed by atoms with Crippen molar-refractivity contribution in [2.24, 2.45) is 0 Å². The van der Waals surface area contributed by atoms with Crippen LogP contribution in [0.1, 0.15) is 47.4 Å². The van der Waals surface area contributed by atoms with Crippen molar-refractivity contribution in [2.75, 3.05) is 26.2 Å². The summed E-state index contributed by atoms with van der Waals surface area (Å²) >= 11 is 0. The zero-order valence-corrected chi connectivity index (χ0v) is 14.5. The number of nitrogens with zero attached hydrogens (tertiary/aromatic N) is 2. The molecule has 0 spiro atoms. The number of ether oxygens (including phenoxy) is 1. The van der Waals surface area contributed by atoms with Crippen LogP contribution in [0.15, 0.2) is 18.2 Å². The van der Waals surface area contributed by atoms with E-state index in [1.54, 1.807) is 6.92 Å². The summed E-state index contributed by atoms with van der Waals surface area (Å²) in [6.07, 6.45) is 2.11. The number of likely N-dealkylation sites (N-methyl/N-ethyl adjacent to an activating group) is 1. The number of benzene rings is 1. The van der Waals surface area contributed by atoms with Crippen LogP contribution in [0, 0.1) is 10.1 Å². The number of nitro benzene ring substituents is 1. The van der Waals surface area contributed by atoms with Crippen molar-refractivity contribution < 1.29 is 19.2 Å². The van der Waals surface area contributed by atoms with Crippen molar-refractivity contribution in [3.8, 4) is 0 Å². The van der Waals surface area contributed by atoms with Gasteiger partial charge in [-0.05, 0) is 38.9 Å². The van der Waals surface area contributed by atoms with Gasteiger partial charge in [-0.15, -0.1) is 0 Å². The first-order valence-corrected chi connectivity index (χ1v) is 8.45. The number of carbonyl (C=O) groups excluding carboxylic acids is 2. The molecule has 1 aliphatic heterocycles. The van der Waals surface area contributed by atoms with Gasteiger partial charge >= 0.3 is 5.97 Å². The van der Waals surface area contributed by atoms with Crippen molar-refractivity contribution in [1.29, 1.82) is 0 Å². The number of amides is 1.